The van der Waals surface area contributed by atoms with Crippen LogP contribution in [0.15, 0.2) is 30.5 Å². The number of rotatable bonds is 6. The molecular formula is C17H22N2O2. The smallest absolute Gasteiger partial charge is 0.131 e. The Morgan fingerprint density at radius 3 is 2.76 bits per heavy atom. The Morgan fingerprint density at radius 2 is 2.05 bits per heavy atom. The molecule has 0 spiro atoms. The highest BCUT2D eigenvalue weighted by molar-refractivity contribution is 5.41. The van der Waals surface area contributed by atoms with Gasteiger partial charge in [0.25, 0.3) is 0 Å². The molecule has 0 fully saturated rings. The van der Waals surface area contributed by atoms with Gasteiger partial charge in [0.2, 0.25) is 0 Å². The molecular weight excluding hydrogens is 264 g/mol. The van der Waals surface area contributed by atoms with Gasteiger partial charge in [0, 0.05) is 17.3 Å². The number of nitrogens with zero attached hydrogens (tertiary/aromatic N) is 1. The third-order valence-electron chi connectivity index (χ3n) is 3.46. The van der Waals surface area contributed by atoms with Gasteiger partial charge in [-0.25, -0.2) is 0 Å². The summed E-state index contributed by atoms with van der Waals surface area (Å²) in [5, 5.41) is 0. The first kappa shape index (κ1) is 15.3. The number of nitrogens with two attached hydrogens (primary N) is 1. The molecule has 1 aromatic heterocycles. The Kier molecular flexibility index (Phi) is 5.17. The van der Waals surface area contributed by atoms with Gasteiger partial charge in [-0.1, -0.05) is 12.1 Å². The van der Waals surface area contributed by atoms with Gasteiger partial charge in [0.1, 0.15) is 18.1 Å². The highest BCUT2D eigenvalue weighted by Crippen LogP contribution is 2.25. The quantitative estimate of drug-likeness (QED) is 0.887. The minimum Gasteiger partial charge on any atom is -0.496 e. The summed E-state index contributed by atoms with van der Waals surface area (Å²) in [6.45, 7) is 5.05. The zero-order chi connectivity index (χ0) is 15.2. The van der Waals surface area contributed by atoms with E-state index in [4.69, 9.17) is 15.2 Å². The molecule has 2 rings (SSSR count). The van der Waals surface area contributed by atoms with Crippen molar-refractivity contribution >= 4 is 0 Å². The van der Waals surface area contributed by atoms with Crippen molar-refractivity contribution in [3.05, 3.63) is 52.8 Å². The first-order chi connectivity index (χ1) is 10.2. The fourth-order valence-corrected chi connectivity index (χ4v) is 2.33. The predicted molar refractivity (Wildman–Crippen MR) is 83.8 cm³/mol. The summed E-state index contributed by atoms with van der Waals surface area (Å²) in [6.07, 6.45) is 2.67. The molecule has 0 radical (unpaired) electrons. The fraction of sp³-hybridized carbons (Fsp3) is 0.353. The maximum atomic E-state index is 5.84. The molecule has 0 aliphatic heterocycles. The number of hydrogen-bond acceptors (Lipinski definition) is 4. The Bertz CT molecular complexity index is 612. The van der Waals surface area contributed by atoms with Crippen LogP contribution in [0.25, 0.3) is 0 Å². The van der Waals surface area contributed by atoms with Crippen LogP contribution in [0.1, 0.15) is 22.4 Å². The summed E-state index contributed by atoms with van der Waals surface area (Å²) >= 11 is 0. The van der Waals surface area contributed by atoms with E-state index in [1.807, 2.05) is 38.2 Å². The summed E-state index contributed by atoms with van der Waals surface area (Å²) in [6, 6.07) is 8.00. The number of aryl methyl sites for hydroxylation is 1. The number of hydrogen-bond donors (Lipinski definition) is 1. The van der Waals surface area contributed by atoms with Crippen LogP contribution in [-0.4, -0.2) is 18.6 Å². The van der Waals surface area contributed by atoms with Crippen molar-refractivity contribution in [1.29, 1.82) is 0 Å². The average Bonchev–Trinajstić information content (AvgIpc) is 2.48. The van der Waals surface area contributed by atoms with Crippen LogP contribution in [0.4, 0.5) is 0 Å². The normalized spacial score (nSPS) is 10.5. The maximum absolute atomic E-state index is 5.84. The molecule has 2 N–H and O–H groups in total. The molecule has 112 valence electrons. The lowest BCUT2D eigenvalue weighted by Crippen LogP contribution is -2.05. The highest BCUT2D eigenvalue weighted by Gasteiger charge is 2.10. The van der Waals surface area contributed by atoms with Crippen LogP contribution >= 0.6 is 0 Å². The molecule has 4 heteroatoms. The molecule has 0 aliphatic carbocycles. The van der Waals surface area contributed by atoms with Gasteiger partial charge in [-0.15, -0.1) is 0 Å². The summed E-state index contributed by atoms with van der Waals surface area (Å²) < 4.78 is 11.3. The standard InChI is InChI=1S/C17H22N2O2/c1-12-10-19-16(13(2)17(12)20-3)11-21-15-6-4-5-14(9-15)7-8-18/h4-6,9-10H,7-8,11,18H2,1-3H3. The number of pyridine rings is 1. The van der Waals surface area contributed by atoms with Gasteiger partial charge >= 0.3 is 0 Å². The molecule has 0 saturated carbocycles. The van der Waals surface area contributed by atoms with Crippen molar-refractivity contribution in [2.45, 2.75) is 26.9 Å². The van der Waals surface area contributed by atoms with Crippen LogP contribution in [-0.2, 0) is 13.0 Å². The van der Waals surface area contributed by atoms with Gasteiger partial charge < -0.3 is 15.2 Å². The van der Waals surface area contributed by atoms with Gasteiger partial charge in [0.05, 0.1) is 12.8 Å². The van der Waals surface area contributed by atoms with E-state index in [0.29, 0.717) is 13.2 Å². The molecule has 0 saturated heterocycles. The van der Waals surface area contributed by atoms with Crippen LogP contribution in [0, 0.1) is 13.8 Å². The molecule has 0 atom stereocenters. The minimum absolute atomic E-state index is 0.425. The first-order valence-corrected chi connectivity index (χ1v) is 7.06. The second kappa shape index (κ2) is 7.09. The van der Waals surface area contributed by atoms with Crippen LogP contribution < -0.4 is 15.2 Å². The van der Waals surface area contributed by atoms with Crippen molar-refractivity contribution in [1.82, 2.24) is 4.98 Å². The molecule has 0 bridgehead atoms. The lowest BCUT2D eigenvalue weighted by atomic mass is 10.1. The first-order valence-electron chi connectivity index (χ1n) is 7.06. The number of methoxy groups -OCH3 is 1. The van der Waals surface area contributed by atoms with E-state index < -0.39 is 0 Å². The number of ether oxygens (including phenoxy) is 2. The monoisotopic (exact) mass is 286 g/mol. The van der Waals surface area contributed by atoms with Gasteiger partial charge in [0.15, 0.2) is 0 Å². The second-order valence-corrected chi connectivity index (χ2v) is 5.02. The van der Waals surface area contributed by atoms with Gasteiger partial charge in [-0.3, -0.25) is 4.98 Å². The van der Waals surface area contributed by atoms with Crippen molar-refractivity contribution < 1.29 is 9.47 Å². The Labute approximate surface area is 125 Å². The van der Waals surface area contributed by atoms with Crippen molar-refractivity contribution in [2.24, 2.45) is 5.73 Å². The van der Waals surface area contributed by atoms with E-state index >= 15 is 0 Å². The summed E-state index contributed by atoms with van der Waals surface area (Å²) in [4.78, 5) is 4.44. The SMILES string of the molecule is COc1c(C)cnc(COc2cccc(CCN)c2)c1C. The van der Waals surface area contributed by atoms with Crippen molar-refractivity contribution in [3.63, 3.8) is 0 Å². The summed E-state index contributed by atoms with van der Waals surface area (Å²) in [5.41, 5.74) is 9.70. The van der Waals surface area contributed by atoms with Gasteiger partial charge in [-0.2, -0.15) is 0 Å². The second-order valence-electron chi connectivity index (χ2n) is 5.02. The van der Waals surface area contributed by atoms with Crippen molar-refractivity contribution in [2.75, 3.05) is 13.7 Å². The molecule has 4 nitrogen and oxygen atoms in total. The summed E-state index contributed by atoms with van der Waals surface area (Å²) in [7, 11) is 1.68. The van der Waals surface area contributed by atoms with Gasteiger partial charge in [-0.05, 0) is 44.5 Å². The zero-order valence-corrected chi connectivity index (χ0v) is 12.8. The Morgan fingerprint density at radius 1 is 1.24 bits per heavy atom. The average molecular weight is 286 g/mol. The molecule has 0 unspecified atom stereocenters. The lowest BCUT2D eigenvalue weighted by Gasteiger charge is -2.13. The molecule has 0 amide bonds. The van der Waals surface area contributed by atoms with E-state index in [0.717, 1.165) is 34.7 Å². The van der Waals surface area contributed by atoms with E-state index in [1.54, 1.807) is 7.11 Å². The van der Waals surface area contributed by atoms with E-state index in [2.05, 4.69) is 11.1 Å². The summed E-state index contributed by atoms with van der Waals surface area (Å²) in [5.74, 6) is 1.71. The Hall–Kier alpha value is -2.07. The number of aromatic nitrogens is 1. The van der Waals surface area contributed by atoms with E-state index in [-0.39, 0.29) is 0 Å². The largest absolute Gasteiger partial charge is 0.496 e. The molecule has 21 heavy (non-hydrogen) atoms. The fourth-order valence-electron chi connectivity index (χ4n) is 2.33. The predicted octanol–water partition coefficient (Wildman–Crippen LogP) is 2.79. The highest BCUT2D eigenvalue weighted by atomic mass is 16.5. The third kappa shape index (κ3) is 3.73. The third-order valence-corrected chi connectivity index (χ3v) is 3.46. The molecule has 2 aromatic rings. The van der Waals surface area contributed by atoms with E-state index in [9.17, 15) is 0 Å². The lowest BCUT2D eigenvalue weighted by molar-refractivity contribution is 0.298. The van der Waals surface area contributed by atoms with E-state index in [1.165, 1.54) is 5.56 Å². The van der Waals surface area contributed by atoms with Crippen LogP contribution in [0.2, 0.25) is 0 Å². The zero-order valence-electron chi connectivity index (χ0n) is 12.8. The topological polar surface area (TPSA) is 57.4 Å². The van der Waals surface area contributed by atoms with Crippen molar-refractivity contribution in [3.8, 4) is 11.5 Å². The van der Waals surface area contributed by atoms with Crippen LogP contribution in [0.5, 0.6) is 11.5 Å². The molecule has 0 aliphatic rings. The minimum atomic E-state index is 0.425. The molecule has 1 aromatic carbocycles. The number of benzene rings is 1. The molecule has 1 heterocycles. The maximum Gasteiger partial charge on any atom is 0.131 e. The Balaban J connectivity index is 2.11. The van der Waals surface area contributed by atoms with Crippen LogP contribution in [0.3, 0.4) is 0 Å².